The molecule has 18 heavy (non-hydrogen) atoms. The lowest BCUT2D eigenvalue weighted by Gasteiger charge is -2.25. The van der Waals surface area contributed by atoms with Crippen LogP contribution >= 0.6 is 11.6 Å². The first-order valence-electron chi connectivity index (χ1n) is 5.40. The van der Waals surface area contributed by atoms with Crippen LogP contribution < -0.4 is 5.32 Å². The predicted molar refractivity (Wildman–Crippen MR) is 65.8 cm³/mol. The Morgan fingerprint density at radius 3 is 2.72 bits per heavy atom. The molecule has 0 amide bonds. The van der Waals surface area contributed by atoms with Crippen LogP contribution in [-0.4, -0.2) is 59.9 Å². The first-order chi connectivity index (χ1) is 8.35. The summed E-state index contributed by atoms with van der Waals surface area (Å²) >= 11 is 5.85. The minimum absolute atomic E-state index is 0.0641. The Bertz CT molecular complexity index is 525. The molecule has 0 radical (unpaired) electrons. The average Bonchev–Trinajstić information content (AvgIpc) is 2.84. The van der Waals surface area contributed by atoms with Gasteiger partial charge in [0.05, 0.1) is 23.4 Å². The van der Waals surface area contributed by atoms with Crippen molar-refractivity contribution in [2.45, 2.75) is 17.2 Å². The number of nitrogens with one attached hydrogen (secondary N) is 1. The summed E-state index contributed by atoms with van der Waals surface area (Å²) < 4.78 is 27.2. The predicted octanol–water partition coefficient (Wildman–Crippen LogP) is -0.973. The summed E-state index contributed by atoms with van der Waals surface area (Å²) in [6.45, 7) is 0.788. The molecule has 1 aromatic heterocycles. The van der Waals surface area contributed by atoms with Crippen molar-refractivity contribution in [1.29, 1.82) is 0 Å². The van der Waals surface area contributed by atoms with Gasteiger partial charge < -0.3 is 10.4 Å². The van der Waals surface area contributed by atoms with Gasteiger partial charge in [0.1, 0.15) is 0 Å². The van der Waals surface area contributed by atoms with Crippen LogP contribution in [0.4, 0.5) is 0 Å². The van der Waals surface area contributed by atoms with Crippen molar-refractivity contribution in [3.05, 3.63) is 11.2 Å². The number of aryl methyl sites for hydroxylation is 1. The fourth-order valence-corrected chi connectivity index (χ4v) is 4.01. The van der Waals surface area contributed by atoms with Crippen LogP contribution in [0.5, 0.6) is 0 Å². The smallest absolute Gasteiger partial charge is 0.261 e. The first-order valence-corrected chi connectivity index (χ1v) is 7.22. The molecule has 1 aliphatic rings. The van der Waals surface area contributed by atoms with Gasteiger partial charge in [-0.25, -0.2) is 8.42 Å². The van der Waals surface area contributed by atoms with Crippen LogP contribution in [-0.2, 0) is 17.1 Å². The van der Waals surface area contributed by atoms with Crippen molar-refractivity contribution in [3.63, 3.8) is 0 Å². The lowest BCUT2D eigenvalue weighted by Crippen LogP contribution is -2.44. The third-order valence-electron chi connectivity index (χ3n) is 3.08. The van der Waals surface area contributed by atoms with Crippen LogP contribution in [0, 0.1) is 0 Å². The maximum absolute atomic E-state index is 12.4. The van der Waals surface area contributed by atoms with E-state index in [2.05, 4.69) is 10.4 Å². The SMILES string of the molecule is CN([C@@H]1CNC[C@H]1O)S(=O)(=O)c1c(Cl)cnn1C. The Morgan fingerprint density at radius 2 is 2.28 bits per heavy atom. The number of aliphatic hydroxyl groups excluding tert-OH is 1. The van der Waals surface area contributed by atoms with Crippen LogP contribution in [0.25, 0.3) is 0 Å². The highest BCUT2D eigenvalue weighted by molar-refractivity contribution is 7.89. The Morgan fingerprint density at radius 1 is 1.61 bits per heavy atom. The highest BCUT2D eigenvalue weighted by atomic mass is 35.5. The van der Waals surface area contributed by atoms with Crippen molar-refractivity contribution >= 4 is 21.6 Å². The third kappa shape index (κ3) is 2.14. The van der Waals surface area contributed by atoms with Gasteiger partial charge in [0.15, 0.2) is 5.03 Å². The van der Waals surface area contributed by atoms with Crippen molar-refractivity contribution in [3.8, 4) is 0 Å². The molecule has 2 heterocycles. The molecular formula is C9H15ClN4O3S. The van der Waals surface area contributed by atoms with E-state index in [1.165, 1.54) is 25.0 Å². The summed E-state index contributed by atoms with van der Waals surface area (Å²) in [5.41, 5.74) is 0. The summed E-state index contributed by atoms with van der Waals surface area (Å²) in [6.07, 6.45) is 0.558. The zero-order valence-corrected chi connectivity index (χ0v) is 11.6. The summed E-state index contributed by atoms with van der Waals surface area (Å²) in [7, 11) is -0.832. The number of sulfonamides is 1. The Labute approximate surface area is 110 Å². The average molecular weight is 295 g/mol. The largest absolute Gasteiger partial charge is 0.390 e. The van der Waals surface area contributed by atoms with Crippen LogP contribution in [0.1, 0.15) is 0 Å². The summed E-state index contributed by atoms with van der Waals surface area (Å²) in [5.74, 6) is 0. The van der Waals surface area contributed by atoms with Gasteiger partial charge in [-0.05, 0) is 0 Å². The van der Waals surface area contributed by atoms with Crippen LogP contribution in [0.15, 0.2) is 11.2 Å². The summed E-state index contributed by atoms with van der Waals surface area (Å²) in [4.78, 5) is 0. The molecule has 2 atom stereocenters. The van der Waals surface area contributed by atoms with Crippen LogP contribution in [0.2, 0.25) is 5.02 Å². The van der Waals surface area contributed by atoms with E-state index in [1.807, 2.05) is 0 Å². The second-order valence-electron chi connectivity index (χ2n) is 4.24. The topological polar surface area (TPSA) is 87.5 Å². The summed E-state index contributed by atoms with van der Waals surface area (Å²) in [6, 6.07) is -0.499. The maximum Gasteiger partial charge on any atom is 0.261 e. The molecule has 1 fully saturated rings. The molecule has 0 spiro atoms. The highest BCUT2D eigenvalue weighted by Gasteiger charge is 2.38. The number of halogens is 1. The van der Waals surface area contributed by atoms with E-state index in [9.17, 15) is 13.5 Å². The molecule has 2 N–H and O–H groups in total. The standard InChI is InChI=1S/C9H15ClN4O3S/c1-13-9(6(10)3-12-13)18(16,17)14(2)7-4-11-5-8(7)15/h3,7-8,11,15H,4-5H2,1-2H3/t7-,8-/m1/s1. The molecule has 0 aliphatic carbocycles. The van der Waals surface area contributed by atoms with E-state index < -0.39 is 22.2 Å². The zero-order valence-electron chi connectivity index (χ0n) is 10.0. The van der Waals surface area contributed by atoms with Gasteiger partial charge in [0, 0.05) is 27.2 Å². The van der Waals surface area contributed by atoms with Crippen molar-refractivity contribution in [2.24, 2.45) is 7.05 Å². The van der Waals surface area contributed by atoms with Gasteiger partial charge in [-0.2, -0.15) is 9.40 Å². The molecule has 1 aliphatic heterocycles. The number of nitrogens with zero attached hydrogens (tertiary/aromatic N) is 3. The van der Waals surface area contributed by atoms with Crippen molar-refractivity contribution < 1.29 is 13.5 Å². The van der Waals surface area contributed by atoms with E-state index >= 15 is 0 Å². The number of hydrogen-bond acceptors (Lipinski definition) is 5. The third-order valence-corrected chi connectivity index (χ3v) is 5.47. The van der Waals surface area contributed by atoms with Gasteiger partial charge in [-0.3, -0.25) is 4.68 Å². The van der Waals surface area contributed by atoms with Gasteiger partial charge in [-0.15, -0.1) is 0 Å². The Hall–Kier alpha value is -0.670. The molecule has 9 heteroatoms. The lowest BCUT2D eigenvalue weighted by atomic mass is 10.2. The molecule has 1 saturated heterocycles. The summed E-state index contributed by atoms with van der Waals surface area (Å²) in [5, 5.41) is 16.5. The van der Waals surface area contributed by atoms with Crippen molar-refractivity contribution in [1.82, 2.24) is 19.4 Å². The molecule has 102 valence electrons. The first kappa shape index (κ1) is 13.8. The second kappa shape index (κ2) is 4.78. The van der Waals surface area contributed by atoms with E-state index in [1.54, 1.807) is 0 Å². The Kier molecular flexibility index (Phi) is 3.65. The van der Waals surface area contributed by atoms with Crippen LogP contribution in [0.3, 0.4) is 0 Å². The minimum atomic E-state index is -3.77. The fourth-order valence-electron chi connectivity index (χ4n) is 2.03. The highest BCUT2D eigenvalue weighted by Crippen LogP contribution is 2.25. The van der Waals surface area contributed by atoms with E-state index in [4.69, 9.17) is 11.6 Å². The quantitative estimate of drug-likeness (QED) is 0.749. The number of aliphatic hydroxyl groups is 1. The molecule has 7 nitrogen and oxygen atoms in total. The molecule has 1 aromatic rings. The molecule has 2 rings (SSSR count). The van der Waals surface area contributed by atoms with Crippen molar-refractivity contribution in [2.75, 3.05) is 20.1 Å². The van der Waals surface area contributed by atoms with E-state index in [0.717, 1.165) is 4.31 Å². The molecular weight excluding hydrogens is 280 g/mol. The maximum atomic E-state index is 12.4. The van der Waals surface area contributed by atoms with Gasteiger partial charge in [-0.1, -0.05) is 11.6 Å². The number of aromatic nitrogens is 2. The molecule has 0 bridgehead atoms. The number of hydrogen-bond donors (Lipinski definition) is 2. The van der Waals surface area contributed by atoms with E-state index in [0.29, 0.717) is 13.1 Å². The molecule has 0 aromatic carbocycles. The van der Waals surface area contributed by atoms with Gasteiger partial charge >= 0.3 is 0 Å². The number of likely N-dealkylation sites (N-methyl/N-ethyl adjacent to an activating group) is 1. The minimum Gasteiger partial charge on any atom is -0.390 e. The number of β-amino-alcohol motifs (C(OH)–C–C–N with tert-alkyl or cyclic N) is 1. The molecule has 0 unspecified atom stereocenters. The second-order valence-corrected chi connectivity index (χ2v) is 6.56. The Balaban J connectivity index is 2.37. The zero-order chi connectivity index (χ0) is 13.5. The molecule has 0 saturated carbocycles. The van der Waals surface area contributed by atoms with Gasteiger partial charge in [0.25, 0.3) is 10.0 Å². The lowest BCUT2D eigenvalue weighted by molar-refractivity contribution is 0.136. The fraction of sp³-hybridized carbons (Fsp3) is 0.667. The number of rotatable bonds is 3. The van der Waals surface area contributed by atoms with Gasteiger partial charge in [0.2, 0.25) is 0 Å². The monoisotopic (exact) mass is 294 g/mol. The normalized spacial score (nSPS) is 24.9. The van der Waals surface area contributed by atoms with E-state index in [-0.39, 0.29) is 10.0 Å².